The number of fused-ring (bicyclic) bond motifs is 1. The summed E-state index contributed by atoms with van der Waals surface area (Å²) in [6.45, 7) is 3.13. The molecule has 1 saturated heterocycles. The van der Waals surface area contributed by atoms with Crippen molar-refractivity contribution in [2.45, 2.75) is 25.3 Å². The Bertz CT molecular complexity index is 760. The van der Waals surface area contributed by atoms with Crippen LogP contribution >= 0.6 is 0 Å². The zero-order valence-electron chi connectivity index (χ0n) is 12.7. The lowest BCUT2D eigenvalue weighted by atomic mass is 9.94. The fourth-order valence-corrected chi connectivity index (χ4v) is 3.32. The van der Waals surface area contributed by atoms with Crippen molar-refractivity contribution >= 4 is 11.0 Å². The van der Waals surface area contributed by atoms with Gasteiger partial charge in [0.1, 0.15) is 0 Å². The topological polar surface area (TPSA) is 62.6 Å². The molecule has 4 rings (SSSR count). The minimum atomic E-state index is 0.496. The van der Waals surface area contributed by atoms with Crippen LogP contribution in [0.5, 0.6) is 0 Å². The summed E-state index contributed by atoms with van der Waals surface area (Å²) in [4.78, 5) is 7.33. The minimum absolute atomic E-state index is 0.496. The first-order valence-corrected chi connectivity index (χ1v) is 7.79. The van der Waals surface area contributed by atoms with Crippen molar-refractivity contribution in [2.24, 2.45) is 7.05 Å². The molecule has 0 aromatic carbocycles. The van der Waals surface area contributed by atoms with E-state index in [2.05, 4.69) is 32.3 Å². The second kappa shape index (κ2) is 5.53. The monoisotopic (exact) mass is 296 g/mol. The van der Waals surface area contributed by atoms with Crippen LogP contribution < -0.4 is 0 Å². The number of piperidine rings is 1. The zero-order valence-corrected chi connectivity index (χ0v) is 12.7. The molecule has 1 fully saturated rings. The van der Waals surface area contributed by atoms with Crippen molar-refractivity contribution in [3.8, 4) is 0 Å². The van der Waals surface area contributed by atoms with Gasteiger partial charge in [0.15, 0.2) is 5.65 Å². The van der Waals surface area contributed by atoms with E-state index in [9.17, 15) is 0 Å². The molecular formula is C16H20N6. The van der Waals surface area contributed by atoms with E-state index < -0.39 is 0 Å². The Labute approximate surface area is 129 Å². The first-order valence-electron chi connectivity index (χ1n) is 7.79. The fourth-order valence-electron chi connectivity index (χ4n) is 3.32. The molecule has 1 aliphatic heterocycles. The first-order chi connectivity index (χ1) is 10.8. The maximum absolute atomic E-state index is 4.84. The van der Waals surface area contributed by atoms with Crippen LogP contribution in [0.1, 0.15) is 30.1 Å². The molecule has 114 valence electrons. The maximum atomic E-state index is 4.84. The predicted octanol–water partition coefficient (Wildman–Crippen LogP) is 2.07. The molecule has 0 spiro atoms. The SMILES string of the molecule is Cn1ncc2ccc(C3CCCN(Cc4ccn[nH]4)C3)nc21. The van der Waals surface area contributed by atoms with Crippen molar-refractivity contribution in [3.05, 3.63) is 42.0 Å². The predicted molar refractivity (Wildman–Crippen MR) is 84.3 cm³/mol. The zero-order chi connectivity index (χ0) is 14.9. The Kier molecular flexibility index (Phi) is 3.38. The molecule has 0 amide bonds. The molecule has 1 unspecified atom stereocenters. The molecule has 4 heterocycles. The van der Waals surface area contributed by atoms with E-state index in [0.717, 1.165) is 30.7 Å². The van der Waals surface area contributed by atoms with Gasteiger partial charge in [-0.15, -0.1) is 0 Å². The highest BCUT2D eigenvalue weighted by Gasteiger charge is 2.23. The minimum Gasteiger partial charge on any atom is -0.297 e. The Morgan fingerprint density at radius 2 is 2.27 bits per heavy atom. The molecule has 22 heavy (non-hydrogen) atoms. The molecule has 0 saturated carbocycles. The van der Waals surface area contributed by atoms with Gasteiger partial charge in [-0.25, -0.2) is 4.98 Å². The molecule has 3 aromatic rings. The van der Waals surface area contributed by atoms with E-state index in [-0.39, 0.29) is 0 Å². The van der Waals surface area contributed by atoms with E-state index in [1.165, 1.54) is 24.2 Å². The van der Waals surface area contributed by atoms with Gasteiger partial charge in [0, 0.05) is 49.0 Å². The van der Waals surface area contributed by atoms with E-state index in [1.54, 1.807) is 0 Å². The van der Waals surface area contributed by atoms with Gasteiger partial charge in [-0.3, -0.25) is 14.7 Å². The highest BCUT2D eigenvalue weighted by Crippen LogP contribution is 2.27. The number of aromatic nitrogens is 5. The summed E-state index contributed by atoms with van der Waals surface area (Å²) >= 11 is 0. The third kappa shape index (κ3) is 2.50. The smallest absolute Gasteiger partial charge is 0.157 e. The summed E-state index contributed by atoms with van der Waals surface area (Å²) in [7, 11) is 1.95. The van der Waals surface area contributed by atoms with E-state index >= 15 is 0 Å². The Balaban J connectivity index is 1.54. The number of hydrogen-bond acceptors (Lipinski definition) is 4. The molecule has 1 aliphatic rings. The number of nitrogens with one attached hydrogen (secondary N) is 1. The standard InChI is InChI=1S/C16H20N6/c1-21-16-12(9-18-21)4-5-15(19-16)13-3-2-8-22(10-13)11-14-6-7-17-20-14/h4-7,9,13H,2-3,8,10-11H2,1H3,(H,17,20). The van der Waals surface area contributed by atoms with Gasteiger partial charge in [0.2, 0.25) is 0 Å². The number of aryl methyl sites for hydroxylation is 1. The maximum Gasteiger partial charge on any atom is 0.157 e. The number of pyridine rings is 1. The van der Waals surface area contributed by atoms with Crippen molar-refractivity contribution in [1.82, 2.24) is 29.9 Å². The van der Waals surface area contributed by atoms with Gasteiger partial charge >= 0.3 is 0 Å². The number of H-pyrrole nitrogens is 1. The lowest BCUT2D eigenvalue weighted by Crippen LogP contribution is -2.34. The van der Waals surface area contributed by atoms with Crippen molar-refractivity contribution in [1.29, 1.82) is 0 Å². The van der Waals surface area contributed by atoms with E-state index in [1.807, 2.05) is 30.2 Å². The van der Waals surface area contributed by atoms with Crippen LogP contribution in [0.25, 0.3) is 11.0 Å². The Morgan fingerprint density at radius 1 is 1.32 bits per heavy atom. The van der Waals surface area contributed by atoms with Crippen LogP contribution in [0.4, 0.5) is 0 Å². The van der Waals surface area contributed by atoms with Crippen LogP contribution in [-0.4, -0.2) is 43.0 Å². The van der Waals surface area contributed by atoms with Crippen LogP contribution in [-0.2, 0) is 13.6 Å². The van der Waals surface area contributed by atoms with Crippen molar-refractivity contribution in [3.63, 3.8) is 0 Å². The molecule has 0 radical (unpaired) electrons. The lowest BCUT2D eigenvalue weighted by molar-refractivity contribution is 0.196. The molecule has 1 atom stereocenters. The fraction of sp³-hybridized carbons (Fsp3) is 0.438. The third-order valence-electron chi connectivity index (χ3n) is 4.48. The quantitative estimate of drug-likeness (QED) is 0.803. The van der Waals surface area contributed by atoms with Gasteiger partial charge in [-0.05, 0) is 37.6 Å². The number of nitrogens with zero attached hydrogens (tertiary/aromatic N) is 5. The molecular weight excluding hydrogens is 276 g/mol. The summed E-state index contributed by atoms with van der Waals surface area (Å²) in [6.07, 6.45) is 6.10. The normalized spacial score (nSPS) is 19.8. The van der Waals surface area contributed by atoms with Crippen LogP contribution in [0.2, 0.25) is 0 Å². The second-order valence-corrected chi connectivity index (χ2v) is 6.07. The molecule has 6 heteroatoms. The largest absolute Gasteiger partial charge is 0.297 e. The highest BCUT2D eigenvalue weighted by molar-refractivity contribution is 5.74. The molecule has 6 nitrogen and oxygen atoms in total. The van der Waals surface area contributed by atoms with Gasteiger partial charge in [-0.2, -0.15) is 10.2 Å². The van der Waals surface area contributed by atoms with E-state index in [0.29, 0.717) is 5.92 Å². The van der Waals surface area contributed by atoms with Crippen molar-refractivity contribution in [2.75, 3.05) is 13.1 Å². The number of rotatable bonds is 3. The average molecular weight is 296 g/mol. The second-order valence-electron chi connectivity index (χ2n) is 6.07. The van der Waals surface area contributed by atoms with Crippen molar-refractivity contribution < 1.29 is 0 Å². The Morgan fingerprint density at radius 3 is 3.14 bits per heavy atom. The van der Waals surface area contributed by atoms with Gasteiger partial charge < -0.3 is 0 Å². The van der Waals surface area contributed by atoms with Crippen LogP contribution in [0.3, 0.4) is 0 Å². The first kappa shape index (κ1) is 13.5. The van der Waals surface area contributed by atoms with Crippen LogP contribution in [0.15, 0.2) is 30.6 Å². The number of likely N-dealkylation sites (tertiary alicyclic amines) is 1. The number of aromatic amines is 1. The third-order valence-corrected chi connectivity index (χ3v) is 4.48. The van der Waals surface area contributed by atoms with Gasteiger partial charge in [-0.1, -0.05) is 0 Å². The average Bonchev–Trinajstić information content (AvgIpc) is 3.18. The summed E-state index contributed by atoms with van der Waals surface area (Å²) in [5, 5.41) is 12.5. The van der Waals surface area contributed by atoms with Crippen LogP contribution in [0, 0.1) is 0 Å². The Hall–Kier alpha value is -2.21. The summed E-state index contributed by atoms with van der Waals surface area (Å²) in [5.41, 5.74) is 3.34. The number of hydrogen-bond donors (Lipinski definition) is 1. The summed E-state index contributed by atoms with van der Waals surface area (Å²) in [6, 6.07) is 6.34. The van der Waals surface area contributed by atoms with Gasteiger partial charge in [0.05, 0.1) is 6.20 Å². The molecule has 3 aromatic heterocycles. The summed E-state index contributed by atoms with van der Waals surface area (Å²) < 4.78 is 1.85. The molecule has 0 aliphatic carbocycles. The van der Waals surface area contributed by atoms with E-state index in [4.69, 9.17) is 4.98 Å². The highest BCUT2D eigenvalue weighted by atomic mass is 15.3. The lowest BCUT2D eigenvalue weighted by Gasteiger charge is -2.32. The molecule has 1 N–H and O–H groups in total. The molecule has 0 bridgehead atoms. The van der Waals surface area contributed by atoms with Gasteiger partial charge in [0.25, 0.3) is 0 Å². The summed E-state index contributed by atoms with van der Waals surface area (Å²) in [5.74, 6) is 0.496.